The molecule has 1 heterocycles. The van der Waals surface area contributed by atoms with Gasteiger partial charge in [-0.2, -0.15) is 0 Å². The zero-order chi connectivity index (χ0) is 34.4. The number of aliphatic hydroxyl groups excluding tert-OH is 1. The minimum Gasteiger partial charge on any atom is -0.481 e. The van der Waals surface area contributed by atoms with Crippen LogP contribution in [0.4, 0.5) is 0 Å². The number of ether oxygens (including phenoxy) is 2. The Balaban J connectivity index is 1.22. The summed E-state index contributed by atoms with van der Waals surface area (Å²) in [6, 6.07) is 25.2. The molecule has 0 spiro atoms. The minimum atomic E-state index is -0.770. The van der Waals surface area contributed by atoms with Gasteiger partial charge in [0.05, 0.1) is 18.8 Å². The first kappa shape index (κ1) is 36.5. The lowest BCUT2D eigenvalue weighted by atomic mass is 9.98. The molecule has 2 aliphatic rings. The molecule has 1 saturated carbocycles. The molecule has 8 nitrogen and oxygen atoms in total. The number of aliphatic carboxylic acids is 1. The van der Waals surface area contributed by atoms with Gasteiger partial charge in [0.1, 0.15) is 0 Å². The van der Waals surface area contributed by atoms with Gasteiger partial charge in [-0.25, -0.2) is 0 Å². The van der Waals surface area contributed by atoms with Gasteiger partial charge >= 0.3 is 5.97 Å². The summed E-state index contributed by atoms with van der Waals surface area (Å²) >= 11 is 0. The van der Waals surface area contributed by atoms with Crippen LogP contribution in [0.5, 0.6) is 0 Å². The number of aliphatic hydroxyl groups is 1. The first-order valence-electron chi connectivity index (χ1n) is 17.9. The molecule has 1 saturated heterocycles. The molecule has 0 radical (unpaired) electrons. The Morgan fingerprint density at radius 1 is 0.857 bits per heavy atom. The summed E-state index contributed by atoms with van der Waals surface area (Å²) in [5, 5.41) is 21.3. The van der Waals surface area contributed by atoms with Gasteiger partial charge in [-0.15, -0.1) is 6.58 Å². The van der Waals surface area contributed by atoms with Crippen LogP contribution in [-0.2, 0) is 32.2 Å². The number of hydrogen-bond acceptors (Lipinski definition) is 6. The summed E-state index contributed by atoms with van der Waals surface area (Å²) in [6.45, 7) is 6.17. The van der Waals surface area contributed by atoms with Crippen molar-refractivity contribution in [2.75, 3.05) is 13.1 Å². The lowest BCUT2D eigenvalue weighted by Gasteiger charge is -2.39. The summed E-state index contributed by atoms with van der Waals surface area (Å²) < 4.78 is 13.3. The molecule has 3 atom stereocenters. The van der Waals surface area contributed by atoms with E-state index in [9.17, 15) is 14.7 Å². The molecule has 8 heteroatoms. The van der Waals surface area contributed by atoms with E-state index in [1.807, 2.05) is 30.3 Å². The number of carboxylic acids is 1. The number of carbonyl (C=O) groups is 2. The van der Waals surface area contributed by atoms with Crippen LogP contribution in [0.2, 0.25) is 0 Å². The molecule has 0 aromatic heterocycles. The van der Waals surface area contributed by atoms with E-state index >= 15 is 0 Å². The Kier molecular flexibility index (Phi) is 14.0. The van der Waals surface area contributed by atoms with E-state index in [0.717, 1.165) is 72.2 Å². The zero-order valence-electron chi connectivity index (χ0n) is 28.6. The smallest absolute Gasteiger partial charge is 0.303 e. The van der Waals surface area contributed by atoms with E-state index in [2.05, 4.69) is 65.3 Å². The third-order valence-electron chi connectivity index (χ3n) is 9.74. The van der Waals surface area contributed by atoms with Crippen molar-refractivity contribution in [3.8, 4) is 11.1 Å². The third kappa shape index (κ3) is 11.1. The van der Waals surface area contributed by atoms with Crippen LogP contribution in [-0.4, -0.2) is 52.2 Å². The van der Waals surface area contributed by atoms with Crippen LogP contribution in [0.25, 0.3) is 11.1 Å². The van der Waals surface area contributed by atoms with Crippen molar-refractivity contribution in [3.63, 3.8) is 0 Å². The van der Waals surface area contributed by atoms with Crippen LogP contribution in [0.1, 0.15) is 105 Å². The summed E-state index contributed by atoms with van der Waals surface area (Å²) in [5.74, 6) is -0.758. The van der Waals surface area contributed by atoms with Crippen LogP contribution in [0, 0.1) is 0 Å². The molecule has 1 aliphatic heterocycles. The van der Waals surface area contributed by atoms with E-state index in [0.29, 0.717) is 25.4 Å². The second kappa shape index (κ2) is 18.8. The number of hydrogen-bond donors (Lipinski definition) is 3. The Bertz CT molecular complexity index is 1480. The van der Waals surface area contributed by atoms with Crippen molar-refractivity contribution >= 4 is 11.9 Å². The van der Waals surface area contributed by atoms with E-state index in [1.165, 1.54) is 25.7 Å². The van der Waals surface area contributed by atoms with Crippen LogP contribution in [0.3, 0.4) is 0 Å². The minimum absolute atomic E-state index is 0.00896. The van der Waals surface area contributed by atoms with Gasteiger partial charge in [-0.3, -0.25) is 14.5 Å². The number of rotatable bonds is 18. The van der Waals surface area contributed by atoms with E-state index in [1.54, 1.807) is 0 Å². The molecular formula is C41H52N2O6. The lowest BCUT2D eigenvalue weighted by molar-refractivity contribution is -0.253. The van der Waals surface area contributed by atoms with Gasteiger partial charge in [-0.1, -0.05) is 98.5 Å². The molecule has 49 heavy (non-hydrogen) atoms. The summed E-state index contributed by atoms with van der Waals surface area (Å²) in [7, 11) is 0. The van der Waals surface area contributed by atoms with Crippen LogP contribution < -0.4 is 5.32 Å². The standard InChI is InChI=1S/C41H52N2O6/c1-2-24-43(36-12-7-8-13-36)28-37-26-38(33-18-16-30(29-44)17-19-33)49-41(48-37)34-22-20-32(21-23-34)35-11-9-10-31(25-35)27-42-39(45)14-5-3-4-6-15-40(46)47/h2,9-11,16-23,25,36-38,41,44H,1,3-8,12-15,24,26-29H2,(H,42,45)(H,46,47). The quantitative estimate of drug-likeness (QED) is 0.0936. The molecule has 3 unspecified atom stereocenters. The highest BCUT2D eigenvalue weighted by molar-refractivity contribution is 5.76. The molecule has 3 aromatic carbocycles. The highest BCUT2D eigenvalue weighted by atomic mass is 16.7. The maximum absolute atomic E-state index is 12.4. The largest absolute Gasteiger partial charge is 0.481 e. The molecule has 5 rings (SSSR count). The first-order valence-corrected chi connectivity index (χ1v) is 17.9. The fourth-order valence-corrected chi connectivity index (χ4v) is 7.00. The zero-order valence-corrected chi connectivity index (χ0v) is 28.6. The first-order chi connectivity index (χ1) is 23.9. The highest BCUT2D eigenvalue weighted by Gasteiger charge is 2.34. The van der Waals surface area contributed by atoms with E-state index in [-0.39, 0.29) is 31.1 Å². The van der Waals surface area contributed by atoms with Gasteiger partial charge in [0, 0.05) is 50.5 Å². The Hall–Kier alpha value is -3.82. The fraction of sp³-hybridized carbons (Fsp3) is 0.463. The second-order valence-electron chi connectivity index (χ2n) is 13.4. The average molecular weight is 669 g/mol. The van der Waals surface area contributed by atoms with Crippen molar-refractivity contribution in [1.82, 2.24) is 10.2 Å². The van der Waals surface area contributed by atoms with Crippen molar-refractivity contribution in [3.05, 3.63) is 108 Å². The molecule has 3 aromatic rings. The van der Waals surface area contributed by atoms with Crippen LogP contribution in [0.15, 0.2) is 85.5 Å². The van der Waals surface area contributed by atoms with Crippen molar-refractivity contribution in [2.45, 2.75) is 108 Å². The molecular weight excluding hydrogens is 616 g/mol. The fourth-order valence-electron chi connectivity index (χ4n) is 7.00. The van der Waals surface area contributed by atoms with E-state index in [4.69, 9.17) is 14.6 Å². The highest BCUT2D eigenvalue weighted by Crippen LogP contribution is 2.39. The van der Waals surface area contributed by atoms with Crippen molar-refractivity contribution in [2.24, 2.45) is 0 Å². The van der Waals surface area contributed by atoms with Gasteiger partial charge in [0.2, 0.25) is 5.91 Å². The Morgan fingerprint density at radius 2 is 1.57 bits per heavy atom. The van der Waals surface area contributed by atoms with Crippen molar-refractivity contribution in [1.29, 1.82) is 0 Å². The number of benzene rings is 3. The van der Waals surface area contributed by atoms with Gasteiger partial charge in [-0.05, 0) is 59.6 Å². The average Bonchev–Trinajstić information content (AvgIpc) is 3.67. The lowest BCUT2D eigenvalue weighted by Crippen LogP contribution is -2.43. The molecule has 3 N–H and O–H groups in total. The number of amides is 1. The normalized spacial score (nSPS) is 19.6. The third-order valence-corrected chi connectivity index (χ3v) is 9.74. The number of carbonyl (C=O) groups excluding carboxylic acids is 1. The summed E-state index contributed by atoms with van der Waals surface area (Å²) in [4.78, 5) is 25.5. The summed E-state index contributed by atoms with van der Waals surface area (Å²) in [6.07, 6.45) is 10.8. The van der Waals surface area contributed by atoms with Crippen LogP contribution >= 0.6 is 0 Å². The molecule has 262 valence electrons. The maximum atomic E-state index is 12.4. The predicted octanol–water partition coefficient (Wildman–Crippen LogP) is 7.86. The molecule has 1 aliphatic carbocycles. The molecule has 0 bridgehead atoms. The Labute approximate surface area is 291 Å². The number of unbranched alkanes of at least 4 members (excludes halogenated alkanes) is 3. The number of nitrogens with one attached hydrogen (secondary N) is 1. The van der Waals surface area contributed by atoms with Crippen molar-refractivity contribution < 1.29 is 29.3 Å². The Morgan fingerprint density at radius 3 is 2.27 bits per heavy atom. The monoisotopic (exact) mass is 668 g/mol. The second-order valence-corrected chi connectivity index (χ2v) is 13.4. The van der Waals surface area contributed by atoms with Gasteiger partial charge < -0.3 is 25.0 Å². The van der Waals surface area contributed by atoms with E-state index < -0.39 is 12.3 Å². The predicted molar refractivity (Wildman–Crippen MR) is 192 cm³/mol. The maximum Gasteiger partial charge on any atom is 0.303 e. The topological polar surface area (TPSA) is 108 Å². The SMILES string of the molecule is C=CCN(CC1CC(c2ccc(CO)cc2)OC(c2ccc(-c3cccc(CNC(=O)CCCCCCC(=O)O)c3)cc2)O1)C1CCCC1. The molecule has 2 fully saturated rings. The van der Waals surface area contributed by atoms with Gasteiger partial charge in [0.25, 0.3) is 0 Å². The number of nitrogens with zero attached hydrogens (tertiary/aromatic N) is 1. The number of carboxylic acid groups (broad SMARTS) is 1. The molecule has 1 amide bonds. The van der Waals surface area contributed by atoms with Gasteiger partial charge in [0.15, 0.2) is 6.29 Å². The summed E-state index contributed by atoms with van der Waals surface area (Å²) in [5.41, 5.74) is 6.10.